The lowest BCUT2D eigenvalue weighted by Gasteiger charge is -2.15. The predicted octanol–water partition coefficient (Wildman–Crippen LogP) is 4.08. The van der Waals surface area contributed by atoms with Gasteiger partial charge >= 0.3 is 0 Å². The van der Waals surface area contributed by atoms with Crippen LogP contribution in [0.2, 0.25) is 0 Å². The summed E-state index contributed by atoms with van der Waals surface area (Å²) < 4.78 is 0. The van der Waals surface area contributed by atoms with E-state index < -0.39 is 0 Å². The lowest BCUT2D eigenvalue weighted by Crippen LogP contribution is -2.11. The Balaban J connectivity index is 0.00000133. The average Bonchev–Trinajstić information content (AvgIpc) is 2.92. The number of fused-ring (bicyclic) bond motifs is 1. The molecule has 0 radical (unpaired) electrons. The van der Waals surface area contributed by atoms with Crippen molar-refractivity contribution in [1.29, 1.82) is 0 Å². The SMILES string of the molecule is Cl.N[C@@H](c1ccsc1)c1c(O)ccc2ccccc12. The molecular weight excluding hydrogens is 278 g/mol. The van der Waals surface area contributed by atoms with E-state index in [2.05, 4.69) is 0 Å². The van der Waals surface area contributed by atoms with E-state index >= 15 is 0 Å². The van der Waals surface area contributed by atoms with Crippen LogP contribution in [0.1, 0.15) is 17.2 Å². The highest BCUT2D eigenvalue weighted by atomic mass is 35.5. The largest absolute Gasteiger partial charge is 0.508 e. The highest BCUT2D eigenvalue weighted by Gasteiger charge is 2.16. The number of nitrogens with two attached hydrogens (primary N) is 1. The fourth-order valence-electron chi connectivity index (χ4n) is 2.23. The third-order valence-electron chi connectivity index (χ3n) is 3.16. The van der Waals surface area contributed by atoms with Gasteiger partial charge in [0.05, 0.1) is 6.04 Å². The Morgan fingerprint density at radius 2 is 1.84 bits per heavy atom. The Kier molecular flexibility index (Phi) is 4.10. The molecule has 0 aliphatic heterocycles. The number of hydrogen-bond donors (Lipinski definition) is 2. The number of hydrogen-bond acceptors (Lipinski definition) is 3. The minimum absolute atomic E-state index is 0. The summed E-state index contributed by atoms with van der Waals surface area (Å²) >= 11 is 1.61. The smallest absolute Gasteiger partial charge is 0.121 e. The molecule has 1 atom stereocenters. The second-order valence-electron chi connectivity index (χ2n) is 4.25. The molecule has 1 aromatic heterocycles. The van der Waals surface area contributed by atoms with Crippen molar-refractivity contribution in [2.75, 3.05) is 0 Å². The fraction of sp³-hybridized carbons (Fsp3) is 0.0667. The molecule has 0 spiro atoms. The summed E-state index contributed by atoms with van der Waals surface area (Å²) in [7, 11) is 0. The molecular formula is C15H14ClNOS. The summed E-state index contributed by atoms with van der Waals surface area (Å²) in [6.07, 6.45) is 0. The topological polar surface area (TPSA) is 46.2 Å². The van der Waals surface area contributed by atoms with Crippen LogP contribution in [0.15, 0.2) is 53.2 Å². The average molecular weight is 292 g/mol. The van der Waals surface area contributed by atoms with Crippen LogP contribution in [0.25, 0.3) is 10.8 Å². The maximum Gasteiger partial charge on any atom is 0.121 e. The number of aromatic hydroxyl groups is 1. The highest BCUT2D eigenvalue weighted by Crippen LogP contribution is 2.34. The van der Waals surface area contributed by atoms with Gasteiger partial charge in [0.2, 0.25) is 0 Å². The van der Waals surface area contributed by atoms with Gasteiger partial charge in [0, 0.05) is 5.56 Å². The van der Waals surface area contributed by atoms with Gasteiger partial charge in [0.25, 0.3) is 0 Å². The first kappa shape index (κ1) is 13.9. The maximum absolute atomic E-state index is 10.1. The van der Waals surface area contributed by atoms with Gasteiger partial charge < -0.3 is 10.8 Å². The molecule has 3 aromatic rings. The summed E-state index contributed by atoms with van der Waals surface area (Å²) in [5.41, 5.74) is 8.11. The zero-order valence-electron chi connectivity index (χ0n) is 10.1. The lowest BCUT2D eigenvalue weighted by molar-refractivity contribution is 0.467. The molecule has 98 valence electrons. The second kappa shape index (κ2) is 5.61. The van der Waals surface area contributed by atoms with Crippen molar-refractivity contribution < 1.29 is 5.11 Å². The second-order valence-corrected chi connectivity index (χ2v) is 5.03. The summed E-state index contributed by atoms with van der Waals surface area (Å²) in [5, 5.41) is 16.2. The molecule has 1 heterocycles. The van der Waals surface area contributed by atoms with Crippen LogP contribution in [0.4, 0.5) is 0 Å². The third-order valence-corrected chi connectivity index (χ3v) is 3.86. The Morgan fingerprint density at radius 1 is 1.05 bits per heavy atom. The summed E-state index contributed by atoms with van der Waals surface area (Å²) in [4.78, 5) is 0. The first-order chi connectivity index (χ1) is 8.77. The van der Waals surface area contributed by atoms with Crippen LogP contribution in [0.5, 0.6) is 5.75 Å². The van der Waals surface area contributed by atoms with E-state index in [0.717, 1.165) is 21.9 Å². The van der Waals surface area contributed by atoms with Crippen LogP contribution in [0.3, 0.4) is 0 Å². The zero-order chi connectivity index (χ0) is 12.5. The van der Waals surface area contributed by atoms with Gasteiger partial charge in [-0.2, -0.15) is 11.3 Å². The predicted molar refractivity (Wildman–Crippen MR) is 83.2 cm³/mol. The molecule has 3 N–H and O–H groups in total. The third kappa shape index (κ3) is 2.45. The number of halogens is 1. The van der Waals surface area contributed by atoms with Gasteiger partial charge in [-0.3, -0.25) is 0 Å². The molecule has 0 unspecified atom stereocenters. The Hall–Kier alpha value is -1.55. The van der Waals surface area contributed by atoms with Crippen molar-refractivity contribution in [2.45, 2.75) is 6.04 Å². The first-order valence-corrected chi connectivity index (χ1v) is 6.70. The number of phenols is 1. The van der Waals surface area contributed by atoms with Crippen LogP contribution < -0.4 is 5.73 Å². The van der Waals surface area contributed by atoms with Gasteiger partial charge in [-0.15, -0.1) is 12.4 Å². The van der Waals surface area contributed by atoms with Crippen molar-refractivity contribution in [1.82, 2.24) is 0 Å². The van der Waals surface area contributed by atoms with Crippen molar-refractivity contribution in [3.8, 4) is 5.75 Å². The Labute approximate surface area is 121 Å². The van der Waals surface area contributed by atoms with Gasteiger partial charge in [0.1, 0.15) is 5.75 Å². The van der Waals surface area contributed by atoms with E-state index in [1.807, 2.05) is 47.2 Å². The molecule has 0 aliphatic carbocycles. The monoisotopic (exact) mass is 291 g/mol. The summed E-state index contributed by atoms with van der Waals surface area (Å²) in [6, 6.07) is 13.3. The van der Waals surface area contributed by atoms with Crippen molar-refractivity contribution in [2.24, 2.45) is 5.73 Å². The normalized spacial score (nSPS) is 12.1. The van der Waals surface area contributed by atoms with Gasteiger partial charge in [0.15, 0.2) is 0 Å². The summed E-state index contributed by atoms with van der Waals surface area (Å²) in [6.45, 7) is 0. The molecule has 0 fully saturated rings. The van der Waals surface area contributed by atoms with Crippen LogP contribution in [-0.4, -0.2) is 5.11 Å². The summed E-state index contributed by atoms with van der Waals surface area (Å²) in [5.74, 6) is 0.257. The van der Waals surface area contributed by atoms with E-state index in [1.54, 1.807) is 17.4 Å². The lowest BCUT2D eigenvalue weighted by atomic mass is 9.95. The van der Waals surface area contributed by atoms with E-state index in [1.165, 1.54) is 0 Å². The first-order valence-electron chi connectivity index (χ1n) is 5.75. The van der Waals surface area contributed by atoms with Crippen LogP contribution >= 0.6 is 23.7 Å². The van der Waals surface area contributed by atoms with Gasteiger partial charge in [-0.25, -0.2) is 0 Å². The fourth-order valence-corrected chi connectivity index (χ4v) is 2.93. The molecule has 0 aliphatic rings. The van der Waals surface area contributed by atoms with Crippen LogP contribution in [0, 0.1) is 0 Å². The van der Waals surface area contributed by atoms with Gasteiger partial charge in [-0.1, -0.05) is 30.3 Å². The number of phenolic OH excluding ortho intramolecular Hbond substituents is 1. The maximum atomic E-state index is 10.1. The van der Waals surface area contributed by atoms with Crippen molar-refractivity contribution >= 4 is 34.5 Å². The van der Waals surface area contributed by atoms with E-state index in [0.29, 0.717) is 0 Å². The molecule has 0 saturated heterocycles. The van der Waals surface area contributed by atoms with Crippen LogP contribution in [-0.2, 0) is 0 Å². The van der Waals surface area contributed by atoms with Crippen molar-refractivity contribution in [3.05, 3.63) is 64.4 Å². The molecule has 4 heteroatoms. The molecule has 2 nitrogen and oxygen atoms in total. The molecule has 0 saturated carbocycles. The minimum atomic E-state index is -0.289. The minimum Gasteiger partial charge on any atom is -0.508 e. The standard InChI is InChI=1S/C15H13NOS.ClH/c16-15(11-7-8-18-9-11)14-12-4-2-1-3-10(12)5-6-13(14)17;/h1-9,15,17H,16H2;1H/t15-;/m0./s1. The van der Waals surface area contributed by atoms with E-state index in [4.69, 9.17) is 5.73 Å². The zero-order valence-corrected chi connectivity index (χ0v) is 11.7. The quantitative estimate of drug-likeness (QED) is 0.747. The number of thiophene rings is 1. The Morgan fingerprint density at radius 3 is 2.58 bits per heavy atom. The molecule has 0 bridgehead atoms. The molecule has 19 heavy (non-hydrogen) atoms. The molecule has 0 amide bonds. The molecule has 3 rings (SSSR count). The van der Waals surface area contributed by atoms with Crippen molar-refractivity contribution in [3.63, 3.8) is 0 Å². The molecule has 2 aromatic carbocycles. The van der Waals surface area contributed by atoms with Gasteiger partial charge in [-0.05, 0) is 39.2 Å². The van der Waals surface area contributed by atoms with E-state index in [-0.39, 0.29) is 24.2 Å². The Bertz CT molecular complexity index is 682. The van der Waals surface area contributed by atoms with E-state index in [9.17, 15) is 5.11 Å². The number of benzene rings is 2. The number of rotatable bonds is 2. The highest BCUT2D eigenvalue weighted by molar-refractivity contribution is 7.08.